The number of benzene rings is 1. The van der Waals surface area contributed by atoms with Crippen molar-refractivity contribution in [2.24, 2.45) is 0 Å². The van der Waals surface area contributed by atoms with Crippen LogP contribution in [0.4, 0.5) is 5.69 Å². The summed E-state index contributed by atoms with van der Waals surface area (Å²) in [6, 6.07) is 6.90. The number of anilines is 1. The molecule has 1 saturated heterocycles. The normalized spacial score (nSPS) is 22.4. The zero-order chi connectivity index (χ0) is 16.6. The van der Waals surface area contributed by atoms with Crippen molar-refractivity contribution in [3.8, 4) is 5.75 Å². The highest BCUT2D eigenvalue weighted by Crippen LogP contribution is 2.34. The van der Waals surface area contributed by atoms with Crippen LogP contribution in [0.25, 0.3) is 0 Å². The highest BCUT2D eigenvalue weighted by molar-refractivity contribution is 7.92. The molecule has 1 aromatic carbocycles. The molecule has 0 radical (unpaired) electrons. The van der Waals surface area contributed by atoms with Gasteiger partial charge in [0.25, 0.3) is 5.91 Å². The minimum atomic E-state index is -3.47. The summed E-state index contributed by atoms with van der Waals surface area (Å²) in [7, 11) is -1.46. The lowest BCUT2D eigenvalue weighted by atomic mass is 10.2. The largest absolute Gasteiger partial charge is 0.476 e. The van der Waals surface area contributed by atoms with E-state index in [1.54, 1.807) is 29.2 Å². The van der Waals surface area contributed by atoms with E-state index in [1.807, 2.05) is 7.05 Å². The molecule has 126 valence electrons. The number of piperazine rings is 1. The number of carbonyl (C=O) groups excluding carboxylic acids is 1. The maximum Gasteiger partial charge on any atom is 0.265 e. The standard InChI is InChI=1S/C15H21N3O4S/c1-16-7-9-17(10-8-16)15(19)14-11-18(23(2,20)21)12-5-3-4-6-13(12)22-14/h3-6,14H,7-11H2,1-2H3. The first-order chi connectivity index (χ1) is 10.9. The van der Waals surface area contributed by atoms with Crippen molar-refractivity contribution in [1.82, 2.24) is 9.80 Å². The van der Waals surface area contributed by atoms with E-state index in [1.165, 1.54) is 4.31 Å². The number of rotatable bonds is 2. The molecule has 0 spiro atoms. The van der Waals surface area contributed by atoms with E-state index in [9.17, 15) is 13.2 Å². The predicted octanol–water partition coefficient (Wildman–Crippen LogP) is -0.0124. The molecule has 0 saturated carbocycles. The Bertz CT molecular complexity index is 698. The van der Waals surface area contributed by atoms with Gasteiger partial charge in [-0.1, -0.05) is 12.1 Å². The molecule has 2 aliphatic heterocycles. The fourth-order valence-electron chi connectivity index (χ4n) is 2.88. The van der Waals surface area contributed by atoms with Crippen LogP contribution in [0.1, 0.15) is 0 Å². The summed E-state index contributed by atoms with van der Waals surface area (Å²) in [5, 5.41) is 0. The number of para-hydroxylation sites is 2. The van der Waals surface area contributed by atoms with Gasteiger partial charge in [-0.05, 0) is 19.2 Å². The number of amides is 1. The summed E-state index contributed by atoms with van der Waals surface area (Å²) in [6.45, 7) is 2.90. The first kappa shape index (κ1) is 16.1. The molecule has 1 unspecified atom stereocenters. The molecule has 3 rings (SSSR count). The van der Waals surface area contributed by atoms with Gasteiger partial charge in [-0.15, -0.1) is 0 Å². The van der Waals surface area contributed by atoms with Crippen molar-refractivity contribution in [2.75, 3.05) is 50.3 Å². The van der Waals surface area contributed by atoms with Crippen molar-refractivity contribution in [3.63, 3.8) is 0 Å². The molecule has 7 nitrogen and oxygen atoms in total. The summed E-state index contributed by atoms with van der Waals surface area (Å²) in [6.07, 6.45) is 0.343. The van der Waals surface area contributed by atoms with Crippen LogP contribution in [-0.4, -0.2) is 76.3 Å². The van der Waals surface area contributed by atoms with Gasteiger partial charge < -0.3 is 14.5 Å². The van der Waals surface area contributed by atoms with Crippen LogP contribution in [-0.2, 0) is 14.8 Å². The van der Waals surface area contributed by atoms with Gasteiger partial charge in [-0.25, -0.2) is 8.42 Å². The lowest BCUT2D eigenvalue weighted by Crippen LogP contribution is -2.55. The Balaban J connectivity index is 1.84. The van der Waals surface area contributed by atoms with Gasteiger partial charge in [0.1, 0.15) is 5.75 Å². The molecule has 2 heterocycles. The fraction of sp³-hybridized carbons (Fsp3) is 0.533. The average Bonchev–Trinajstić information content (AvgIpc) is 2.53. The number of hydrogen-bond donors (Lipinski definition) is 0. The number of sulfonamides is 1. The molecule has 2 aliphatic rings. The van der Waals surface area contributed by atoms with Crippen molar-refractivity contribution in [3.05, 3.63) is 24.3 Å². The van der Waals surface area contributed by atoms with Crippen LogP contribution in [0.15, 0.2) is 24.3 Å². The Kier molecular flexibility index (Phi) is 4.20. The van der Waals surface area contributed by atoms with Gasteiger partial charge >= 0.3 is 0 Å². The molecule has 1 fully saturated rings. The molecule has 0 aliphatic carbocycles. The van der Waals surface area contributed by atoms with Crippen LogP contribution in [0, 0.1) is 0 Å². The van der Waals surface area contributed by atoms with Gasteiger partial charge in [0.2, 0.25) is 10.0 Å². The van der Waals surface area contributed by atoms with Gasteiger partial charge in [-0.3, -0.25) is 9.10 Å². The summed E-state index contributed by atoms with van der Waals surface area (Å²) in [5.41, 5.74) is 0.484. The van der Waals surface area contributed by atoms with Crippen LogP contribution >= 0.6 is 0 Å². The van der Waals surface area contributed by atoms with Crippen molar-refractivity contribution < 1.29 is 17.9 Å². The maximum absolute atomic E-state index is 12.7. The van der Waals surface area contributed by atoms with E-state index >= 15 is 0 Å². The topological polar surface area (TPSA) is 70.2 Å². The molecule has 1 aromatic rings. The van der Waals surface area contributed by atoms with Gasteiger partial charge in [0, 0.05) is 26.2 Å². The van der Waals surface area contributed by atoms with Crippen LogP contribution in [0.3, 0.4) is 0 Å². The molecule has 1 amide bonds. The minimum absolute atomic E-state index is 0.0149. The molecule has 8 heteroatoms. The Morgan fingerprint density at radius 3 is 2.48 bits per heavy atom. The van der Waals surface area contributed by atoms with Gasteiger partial charge in [0.05, 0.1) is 18.5 Å². The molecule has 0 N–H and O–H groups in total. The Morgan fingerprint density at radius 2 is 1.83 bits per heavy atom. The van der Waals surface area contributed by atoms with E-state index in [0.29, 0.717) is 24.5 Å². The third-order valence-corrected chi connectivity index (χ3v) is 5.37. The van der Waals surface area contributed by atoms with E-state index in [4.69, 9.17) is 4.74 Å². The summed E-state index contributed by atoms with van der Waals surface area (Å²) < 4.78 is 31.2. The highest BCUT2D eigenvalue weighted by atomic mass is 32.2. The summed E-state index contributed by atoms with van der Waals surface area (Å²) in [4.78, 5) is 16.6. The zero-order valence-electron chi connectivity index (χ0n) is 13.3. The van der Waals surface area contributed by atoms with Crippen molar-refractivity contribution >= 4 is 21.6 Å². The van der Waals surface area contributed by atoms with E-state index in [-0.39, 0.29) is 12.5 Å². The van der Waals surface area contributed by atoms with Gasteiger partial charge in [-0.2, -0.15) is 0 Å². The second-order valence-corrected chi connectivity index (χ2v) is 7.90. The molecule has 1 atom stereocenters. The maximum atomic E-state index is 12.7. The lowest BCUT2D eigenvalue weighted by molar-refractivity contribution is -0.140. The van der Waals surface area contributed by atoms with Gasteiger partial charge in [0.15, 0.2) is 6.10 Å². The molecular formula is C15H21N3O4S. The second-order valence-electron chi connectivity index (χ2n) is 6.00. The number of carbonyl (C=O) groups is 1. The Hall–Kier alpha value is -1.80. The van der Waals surface area contributed by atoms with E-state index in [2.05, 4.69) is 4.90 Å². The first-order valence-electron chi connectivity index (χ1n) is 7.57. The smallest absolute Gasteiger partial charge is 0.265 e. The summed E-state index contributed by atoms with van der Waals surface area (Å²) in [5.74, 6) is 0.276. The molecule has 23 heavy (non-hydrogen) atoms. The van der Waals surface area contributed by atoms with Crippen LogP contribution < -0.4 is 9.04 Å². The number of likely N-dealkylation sites (N-methyl/N-ethyl adjacent to an activating group) is 1. The average molecular weight is 339 g/mol. The first-order valence-corrected chi connectivity index (χ1v) is 9.42. The predicted molar refractivity (Wildman–Crippen MR) is 87.1 cm³/mol. The fourth-order valence-corrected chi connectivity index (χ4v) is 3.79. The van der Waals surface area contributed by atoms with E-state index in [0.717, 1.165) is 19.3 Å². The highest BCUT2D eigenvalue weighted by Gasteiger charge is 2.37. The summed E-state index contributed by atoms with van der Waals surface area (Å²) >= 11 is 0. The third kappa shape index (κ3) is 3.28. The van der Waals surface area contributed by atoms with E-state index < -0.39 is 16.1 Å². The number of hydrogen-bond acceptors (Lipinski definition) is 5. The van der Waals surface area contributed by atoms with Crippen molar-refractivity contribution in [2.45, 2.75) is 6.10 Å². The second kappa shape index (κ2) is 6.01. The number of ether oxygens (including phenoxy) is 1. The monoisotopic (exact) mass is 339 g/mol. The Labute approximate surface area is 136 Å². The minimum Gasteiger partial charge on any atom is -0.476 e. The van der Waals surface area contributed by atoms with Crippen molar-refractivity contribution in [1.29, 1.82) is 0 Å². The lowest BCUT2D eigenvalue weighted by Gasteiger charge is -2.38. The molecular weight excluding hydrogens is 318 g/mol. The van der Waals surface area contributed by atoms with Crippen LogP contribution in [0.5, 0.6) is 5.75 Å². The number of fused-ring (bicyclic) bond motifs is 1. The quantitative estimate of drug-likeness (QED) is 0.758. The van der Waals surface area contributed by atoms with Crippen LogP contribution in [0.2, 0.25) is 0 Å². The third-order valence-electron chi connectivity index (χ3n) is 4.23. The molecule has 0 aromatic heterocycles. The number of nitrogens with zero attached hydrogens (tertiary/aromatic N) is 3. The Morgan fingerprint density at radius 1 is 1.17 bits per heavy atom. The zero-order valence-corrected chi connectivity index (χ0v) is 14.1. The SMILES string of the molecule is CN1CCN(C(=O)C2CN(S(C)(=O)=O)c3ccccc3O2)CC1. The molecule has 0 bridgehead atoms.